The number of benzene rings is 3. The van der Waals surface area contributed by atoms with Crippen molar-refractivity contribution < 1.29 is 19.5 Å². The third kappa shape index (κ3) is 4.04. The van der Waals surface area contributed by atoms with E-state index < -0.39 is 17.7 Å². The molecular weight excluding hydrogens is 442 g/mol. The van der Waals surface area contributed by atoms with Crippen LogP contribution in [-0.2, 0) is 14.4 Å². The van der Waals surface area contributed by atoms with Gasteiger partial charge in [0.2, 0.25) is 5.91 Å². The number of hydrogen-bond acceptors (Lipinski definition) is 5. The standard InChI is InChI=1S/C28H21N3O4/c1-17(32)30-22-8-10-23(11-9-22)31-25(19-12-14-29-15-13-19)24(27(34)28(31)35)26(33)21-7-6-18-4-2-3-5-20(18)16-21/h2-16,25,33H,1H3,(H,30,32)/b26-24-. The van der Waals surface area contributed by atoms with Crippen molar-refractivity contribution in [3.05, 3.63) is 108 Å². The smallest absolute Gasteiger partial charge is 0.300 e. The Morgan fingerprint density at radius 1 is 0.914 bits per heavy atom. The Hall–Kier alpha value is -4.78. The van der Waals surface area contributed by atoms with Crippen molar-refractivity contribution in [1.82, 2.24) is 4.98 Å². The van der Waals surface area contributed by atoms with Gasteiger partial charge in [-0.05, 0) is 58.8 Å². The number of anilines is 2. The summed E-state index contributed by atoms with van der Waals surface area (Å²) >= 11 is 0. The summed E-state index contributed by atoms with van der Waals surface area (Å²) in [4.78, 5) is 43.3. The zero-order valence-electron chi connectivity index (χ0n) is 18.8. The first-order chi connectivity index (χ1) is 16.9. The van der Waals surface area contributed by atoms with Gasteiger partial charge in [0.25, 0.3) is 11.7 Å². The molecule has 1 saturated heterocycles. The average molecular weight is 463 g/mol. The van der Waals surface area contributed by atoms with E-state index in [-0.39, 0.29) is 17.2 Å². The van der Waals surface area contributed by atoms with Crippen molar-refractivity contribution in [3.8, 4) is 0 Å². The SMILES string of the molecule is CC(=O)Nc1ccc(N2C(=O)C(=O)/C(=C(\O)c3ccc4ccccc4c3)C2c2ccncc2)cc1. The second-order valence-corrected chi connectivity index (χ2v) is 8.24. The number of aromatic nitrogens is 1. The maximum Gasteiger partial charge on any atom is 0.300 e. The van der Waals surface area contributed by atoms with Crippen molar-refractivity contribution >= 4 is 45.5 Å². The molecule has 7 nitrogen and oxygen atoms in total. The Balaban J connectivity index is 1.66. The number of carbonyl (C=O) groups excluding carboxylic acids is 3. The van der Waals surface area contributed by atoms with E-state index in [0.717, 1.165) is 10.8 Å². The van der Waals surface area contributed by atoms with Crippen LogP contribution in [0.15, 0.2) is 96.8 Å². The molecule has 0 radical (unpaired) electrons. The van der Waals surface area contributed by atoms with Crippen LogP contribution in [0, 0.1) is 0 Å². The molecule has 2 N–H and O–H groups in total. The monoisotopic (exact) mass is 463 g/mol. The maximum absolute atomic E-state index is 13.3. The summed E-state index contributed by atoms with van der Waals surface area (Å²) < 4.78 is 0. The predicted octanol–water partition coefficient (Wildman–Crippen LogP) is 4.82. The molecule has 172 valence electrons. The summed E-state index contributed by atoms with van der Waals surface area (Å²) in [5.74, 6) is -1.98. The molecule has 1 aromatic heterocycles. The largest absolute Gasteiger partial charge is 0.507 e. The lowest BCUT2D eigenvalue weighted by Crippen LogP contribution is -2.29. The molecule has 1 fully saturated rings. The van der Waals surface area contributed by atoms with Crippen LogP contribution in [-0.4, -0.2) is 27.7 Å². The highest BCUT2D eigenvalue weighted by Crippen LogP contribution is 2.42. The third-order valence-corrected chi connectivity index (χ3v) is 5.96. The Kier molecular flexibility index (Phi) is 5.58. The average Bonchev–Trinajstić information content (AvgIpc) is 3.14. The van der Waals surface area contributed by atoms with Crippen LogP contribution in [0.1, 0.15) is 24.1 Å². The van der Waals surface area contributed by atoms with Gasteiger partial charge in [-0.3, -0.25) is 24.3 Å². The topological polar surface area (TPSA) is 99.6 Å². The second kappa shape index (κ2) is 8.87. The lowest BCUT2D eigenvalue weighted by Gasteiger charge is -2.25. The van der Waals surface area contributed by atoms with Crippen LogP contribution in [0.25, 0.3) is 16.5 Å². The summed E-state index contributed by atoms with van der Waals surface area (Å²) in [6.07, 6.45) is 3.15. The molecule has 0 saturated carbocycles. The molecule has 3 aromatic carbocycles. The Bertz CT molecular complexity index is 1490. The van der Waals surface area contributed by atoms with Gasteiger partial charge in [0.1, 0.15) is 5.76 Å². The quantitative estimate of drug-likeness (QED) is 0.257. The Morgan fingerprint density at radius 2 is 1.60 bits per heavy atom. The van der Waals surface area contributed by atoms with E-state index in [2.05, 4.69) is 10.3 Å². The summed E-state index contributed by atoms with van der Waals surface area (Å²) in [6, 6.07) is 22.3. The van der Waals surface area contributed by atoms with Crippen molar-refractivity contribution in [2.45, 2.75) is 13.0 Å². The zero-order chi connectivity index (χ0) is 24.5. The van der Waals surface area contributed by atoms with E-state index in [1.807, 2.05) is 30.3 Å². The van der Waals surface area contributed by atoms with Gasteiger partial charge in [-0.2, -0.15) is 0 Å². The maximum atomic E-state index is 13.3. The molecule has 0 aliphatic carbocycles. The molecular formula is C28H21N3O4. The lowest BCUT2D eigenvalue weighted by molar-refractivity contribution is -0.132. The summed E-state index contributed by atoms with van der Waals surface area (Å²) in [7, 11) is 0. The second-order valence-electron chi connectivity index (χ2n) is 8.24. The fourth-order valence-corrected chi connectivity index (χ4v) is 4.36. The van der Waals surface area contributed by atoms with Gasteiger partial charge in [0, 0.05) is 36.3 Å². The number of fused-ring (bicyclic) bond motifs is 1. The number of nitrogens with one attached hydrogen (secondary N) is 1. The van der Waals surface area contributed by atoms with Crippen LogP contribution >= 0.6 is 0 Å². The van der Waals surface area contributed by atoms with Crippen molar-refractivity contribution in [2.24, 2.45) is 0 Å². The minimum Gasteiger partial charge on any atom is -0.507 e. The number of aliphatic hydroxyl groups is 1. The van der Waals surface area contributed by atoms with E-state index in [9.17, 15) is 19.5 Å². The van der Waals surface area contributed by atoms with E-state index in [1.165, 1.54) is 11.8 Å². The lowest BCUT2D eigenvalue weighted by atomic mass is 9.95. The molecule has 0 bridgehead atoms. The van der Waals surface area contributed by atoms with Gasteiger partial charge in [-0.25, -0.2) is 0 Å². The van der Waals surface area contributed by atoms with E-state index in [4.69, 9.17) is 0 Å². The fourth-order valence-electron chi connectivity index (χ4n) is 4.36. The van der Waals surface area contributed by atoms with Crippen LogP contribution in [0.5, 0.6) is 0 Å². The van der Waals surface area contributed by atoms with E-state index in [1.54, 1.807) is 60.9 Å². The molecule has 1 aliphatic heterocycles. The highest BCUT2D eigenvalue weighted by Gasteiger charge is 2.47. The molecule has 2 amide bonds. The zero-order valence-corrected chi connectivity index (χ0v) is 18.8. The predicted molar refractivity (Wildman–Crippen MR) is 134 cm³/mol. The Labute approximate surface area is 201 Å². The Morgan fingerprint density at radius 3 is 2.29 bits per heavy atom. The van der Waals surface area contributed by atoms with Crippen molar-refractivity contribution in [1.29, 1.82) is 0 Å². The number of nitrogens with zero attached hydrogens (tertiary/aromatic N) is 2. The molecule has 2 heterocycles. The van der Waals surface area contributed by atoms with Crippen molar-refractivity contribution in [2.75, 3.05) is 10.2 Å². The number of ketones is 1. The minimum atomic E-state index is -0.851. The van der Waals surface area contributed by atoms with Crippen LogP contribution in [0.3, 0.4) is 0 Å². The number of pyridine rings is 1. The molecule has 35 heavy (non-hydrogen) atoms. The molecule has 4 aromatic rings. The molecule has 5 rings (SSSR count). The number of Topliss-reactive ketones (excluding diaryl/α,β-unsaturated/α-hetero) is 1. The summed E-state index contributed by atoms with van der Waals surface area (Å²) in [5.41, 5.74) is 2.10. The van der Waals surface area contributed by atoms with Crippen molar-refractivity contribution in [3.63, 3.8) is 0 Å². The number of carbonyl (C=O) groups is 3. The first-order valence-corrected chi connectivity index (χ1v) is 11.0. The molecule has 7 heteroatoms. The molecule has 0 spiro atoms. The first-order valence-electron chi connectivity index (χ1n) is 11.0. The molecule has 1 aliphatic rings. The highest BCUT2D eigenvalue weighted by molar-refractivity contribution is 6.51. The van der Waals surface area contributed by atoms with Crippen LogP contribution in [0.2, 0.25) is 0 Å². The highest BCUT2D eigenvalue weighted by atomic mass is 16.3. The van der Waals surface area contributed by atoms with Gasteiger partial charge in [-0.1, -0.05) is 36.4 Å². The van der Waals surface area contributed by atoms with Crippen LogP contribution in [0.4, 0.5) is 11.4 Å². The van der Waals surface area contributed by atoms with Crippen LogP contribution < -0.4 is 10.2 Å². The minimum absolute atomic E-state index is 0.00224. The number of hydrogen-bond donors (Lipinski definition) is 2. The first kappa shape index (κ1) is 22.0. The summed E-state index contributed by atoms with van der Waals surface area (Å²) in [5, 5.41) is 15.9. The van der Waals surface area contributed by atoms with Gasteiger partial charge in [0.05, 0.1) is 11.6 Å². The fraction of sp³-hybridized carbons (Fsp3) is 0.0714. The molecule has 1 atom stereocenters. The molecule has 1 unspecified atom stereocenters. The van der Waals surface area contributed by atoms with Gasteiger partial charge < -0.3 is 10.4 Å². The van der Waals surface area contributed by atoms with E-state index >= 15 is 0 Å². The van der Waals surface area contributed by atoms with Gasteiger partial charge in [0.15, 0.2) is 0 Å². The number of amides is 2. The van der Waals surface area contributed by atoms with E-state index in [0.29, 0.717) is 22.5 Å². The number of aliphatic hydroxyl groups excluding tert-OH is 1. The number of rotatable bonds is 4. The third-order valence-electron chi connectivity index (χ3n) is 5.96. The van der Waals surface area contributed by atoms with Gasteiger partial charge >= 0.3 is 0 Å². The normalized spacial score (nSPS) is 17.1. The van der Waals surface area contributed by atoms with Gasteiger partial charge in [-0.15, -0.1) is 0 Å². The summed E-state index contributed by atoms with van der Waals surface area (Å²) in [6.45, 7) is 1.41.